The Hall–Kier alpha value is -0.890. The number of carbonyl (C=O) groups excluding carboxylic acids is 1. The molecule has 11 nitrogen and oxygen atoms in total. The summed E-state index contributed by atoms with van der Waals surface area (Å²) in [5, 5.41) is 75.8. The summed E-state index contributed by atoms with van der Waals surface area (Å²) in [5.74, 6) is -0.693. The number of aliphatic hydroxyl groups is 7. The lowest BCUT2D eigenvalue weighted by molar-refractivity contribution is -0.303. The second-order valence-electron chi connectivity index (χ2n) is 17.9. The number of hydrogen-bond acceptors (Lipinski definition) is 10. The molecule has 1 amide bonds. The molecule has 0 aromatic carbocycles. The lowest BCUT2D eigenvalue weighted by Gasteiger charge is -2.40. The Balaban J connectivity index is 2.40. The molecule has 59 heavy (non-hydrogen) atoms. The molecule has 1 saturated heterocycles. The SMILES string of the molecule is CCCCCCCCCCCCCCCCCCCCC(O)C(O)C(COC1OC(CO)C(O)C(O)C1O)NC(=O)C(O)CCCCCCCCCCCCCCCC. The first-order chi connectivity index (χ1) is 28.7. The number of carbonyl (C=O) groups is 1. The van der Waals surface area contributed by atoms with E-state index in [2.05, 4.69) is 19.2 Å². The van der Waals surface area contributed by atoms with Crippen LogP contribution >= 0.6 is 0 Å². The van der Waals surface area contributed by atoms with Crippen LogP contribution < -0.4 is 5.32 Å². The zero-order valence-corrected chi connectivity index (χ0v) is 38.0. The van der Waals surface area contributed by atoms with Crippen LogP contribution in [0.4, 0.5) is 0 Å². The maximum absolute atomic E-state index is 13.1. The van der Waals surface area contributed by atoms with Crippen LogP contribution in [0.25, 0.3) is 0 Å². The summed E-state index contributed by atoms with van der Waals surface area (Å²) in [6, 6.07) is -1.16. The van der Waals surface area contributed by atoms with E-state index in [1.165, 1.54) is 154 Å². The fourth-order valence-electron chi connectivity index (χ4n) is 8.27. The first-order valence-electron chi connectivity index (χ1n) is 24.9. The maximum atomic E-state index is 13.1. The highest BCUT2D eigenvalue weighted by Gasteiger charge is 2.44. The van der Waals surface area contributed by atoms with Crippen molar-refractivity contribution in [3.05, 3.63) is 0 Å². The summed E-state index contributed by atoms with van der Waals surface area (Å²) in [6.07, 6.45) is 28.6. The highest BCUT2D eigenvalue weighted by Crippen LogP contribution is 2.23. The average molecular weight is 846 g/mol. The third kappa shape index (κ3) is 28.4. The van der Waals surface area contributed by atoms with Crippen molar-refractivity contribution in [2.75, 3.05) is 13.2 Å². The van der Waals surface area contributed by atoms with E-state index in [4.69, 9.17) is 9.47 Å². The minimum Gasteiger partial charge on any atom is -0.394 e. The zero-order valence-electron chi connectivity index (χ0n) is 38.0. The van der Waals surface area contributed by atoms with Crippen LogP contribution in [0.1, 0.15) is 232 Å². The van der Waals surface area contributed by atoms with Crippen molar-refractivity contribution in [3.63, 3.8) is 0 Å². The molecule has 0 aromatic heterocycles. The molecule has 11 heteroatoms. The molecule has 1 fully saturated rings. The van der Waals surface area contributed by atoms with E-state index < -0.39 is 74.2 Å². The Bertz CT molecular complexity index is 928. The van der Waals surface area contributed by atoms with Crippen molar-refractivity contribution in [1.82, 2.24) is 5.32 Å². The summed E-state index contributed by atoms with van der Waals surface area (Å²) in [5.41, 5.74) is 0. The minimum absolute atomic E-state index is 0.266. The minimum atomic E-state index is -1.66. The summed E-state index contributed by atoms with van der Waals surface area (Å²) in [4.78, 5) is 13.1. The molecule has 1 heterocycles. The van der Waals surface area contributed by atoms with Crippen LogP contribution in [0, 0.1) is 0 Å². The van der Waals surface area contributed by atoms with Crippen LogP contribution in [0.2, 0.25) is 0 Å². The van der Waals surface area contributed by atoms with Gasteiger partial charge in [-0.1, -0.05) is 219 Å². The second kappa shape index (κ2) is 38.8. The molecule has 0 radical (unpaired) electrons. The Labute approximate surface area is 360 Å². The average Bonchev–Trinajstić information content (AvgIpc) is 3.23. The molecule has 1 aliphatic rings. The predicted octanol–water partition coefficient (Wildman–Crippen LogP) is 8.67. The van der Waals surface area contributed by atoms with Crippen LogP contribution in [0.15, 0.2) is 0 Å². The van der Waals surface area contributed by atoms with E-state index in [0.29, 0.717) is 19.3 Å². The number of unbranched alkanes of at least 4 members (excludes halogenated alkanes) is 30. The van der Waals surface area contributed by atoms with Gasteiger partial charge < -0.3 is 50.5 Å². The van der Waals surface area contributed by atoms with Gasteiger partial charge >= 0.3 is 0 Å². The first-order valence-corrected chi connectivity index (χ1v) is 24.9. The molecule has 9 atom stereocenters. The van der Waals surface area contributed by atoms with Crippen molar-refractivity contribution in [1.29, 1.82) is 0 Å². The lowest BCUT2D eigenvalue weighted by atomic mass is 9.98. The van der Waals surface area contributed by atoms with Crippen molar-refractivity contribution in [2.24, 2.45) is 0 Å². The Morgan fingerprint density at radius 1 is 0.525 bits per heavy atom. The Kier molecular flexibility index (Phi) is 36.9. The number of ether oxygens (including phenoxy) is 2. The monoisotopic (exact) mass is 846 g/mol. The molecule has 352 valence electrons. The van der Waals surface area contributed by atoms with Crippen LogP contribution in [-0.4, -0.2) is 110 Å². The lowest BCUT2D eigenvalue weighted by Crippen LogP contribution is -2.60. The van der Waals surface area contributed by atoms with Gasteiger partial charge in [-0.05, 0) is 12.8 Å². The van der Waals surface area contributed by atoms with E-state index in [1.54, 1.807) is 0 Å². The van der Waals surface area contributed by atoms with Crippen molar-refractivity contribution in [2.45, 2.75) is 287 Å². The van der Waals surface area contributed by atoms with E-state index in [1.807, 2.05) is 0 Å². The normalized spacial score (nSPS) is 21.7. The van der Waals surface area contributed by atoms with E-state index in [0.717, 1.165) is 38.5 Å². The largest absolute Gasteiger partial charge is 0.394 e. The third-order valence-corrected chi connectivity index (χ3v) is 12.4. The zero-order chi connectivity index (χ0) is 43.4. The fraction of sp³-hybridized carbons (Fsp3) is 0.979. The van der Waals surface area contributed by atoms with Gasteiger partial charge in [0.1, 0.15) is 36.6 Å². The van der Waals surface area contributed by atoms with Gasteiger partial charge in [0, 0.05) is 0 Å². The van der Waals surface area contributed by atoms with Crippen molar-refractivity contribution >= 4 is 5.91 Å². The van der Waals surface area contributed by atoms with Gasteiger partial charge in [0.2, 0.25) is 5.91 Å². The Morgan fingerprint density at radius 3 is 1.25 bits per heavy atom. The number of rotatable bonds is 42. The van der Waals surface area contributed by atoms with E-state index >= 15 is 0 Å². The molecule has 1 aliphatic heterocycles. The summed E-state index contributed by atoms with van der Waals surface area (Å²) >= 11 is 0. The Morgan fingerprint density at radius 2 is 0.881 bits per heavy atom. The predicted molar refractivity (Wildman–Crippen MR) is 238 cm³/mol. The van der Waals surface area contributed by atoms with Crippen molar-refractivity contribution in [3.8, 4) is 0 Å². The van der Waals surface area contributed by atoms with Gasteiger partial charge in [0.25, 0.3) is 0 Å². The van der Waals surface area contributed by atoms with Crippen molar-refractivity contribution < 1.29 is 50.0 Å². The molecule has 9 unspecified atom stereocenters. The molecule has 0 aromatic rings. The summed E-state index contributed by atoms with van der Waals surface area (Å²) in [6.45, 7) is 3.46. The molecule has 0 saturated carbocycles. The van der Waals surface area contributed by atoms with Gasteiger partial charge in [-0.15, -0.1) is 0 Å². The van der Waals surface area contributed by atoms with Gasteiger partial charge in [0.05, 0.1) is 25.4 Å². The van der Waals surface area contributed by atoms with Gasteiger partial charge in [-0.2, -0.15) is 0 Å². The molecule has 0 bridgehead atoms. The van der Waals surface area contributed by atoms with Crippen LogP contribution in [0.5, 0.6) is 0 Å². The fourth-order valence-corrected chi connectivity index (χ4v) is 8.27. The molecular formula is C48H95NO10. The third-order valence-electron chi connectivity index (χ3n) is 12.4. The molecule has 0 spiro atoms. The number of amides is 1. The summed E-state index contributed by atoms with van der Waals surface area (Å²) in [7, 11) is 0. The quantitative estimate of drug-likeness (QED) is 0.0276. The van der Waals surface area contributed by atoms with Crippen LogP contribution in [-0.2, 0) is 14.3 Å². The number of nitrogens with one attached hydrogen (secondary N) is 1. The topological polar surface area (TPSA) is 189 Å². The maximum Gasteiger partial charge on any atom is 0.249 e. The number of hydrogen-bond donors (Lipinski definition) is 8. The first kappa shape index (κ1) is 56.1. The smallest absolute Gasteiger partial charge is 0.249 e. The molecular weight excluding hydrogens is 751 g/mol. The van der Waals surface area contributed by atoms with E-state index in [9.17, 15) is 40.5 Å². The summed E-state index contributed by atoms with van der Waals surface area (Å²) < 4.78 is 11.1. The second-order valence-corrected chi connectivity index (χ2v) is 17.9. The molecule has 8 N–H and O–H groups in total. The van der Waals surface area contributed by atoms with Gasteiger partial charge in [-0.3, -0.25) is 4.79 Å². The van der Waals surface area contributed by atoms with Crippen LogP contribution in [0.3, 0.4) is 0 Å². The highest BCUT2D eigenvalue weighted by atomic mass is 16.7. The number of aliphatic hydroxyl groups excluding tert-OH is 7. The van der Waals surface area contributed by atoms with Gasteiger partial charge in [-0.25, -0.2) is 0 Å². The van der Waals surface area contributed by atoms with Gasteiger partial charge in [0.15, 0.2) is 6.29 Å². The molecule has 0 aliphatic carbocycles. The molecule has 1 rings (SSSR count). The standard InChI is InChI=1S/C48H95NO10/c1-3-5-7-9-11-13-15-17-19-20-21-22-24-25-27-29-31-33-35-40(51)43(53)39(38-58-48-46(56)45(55)44(54)42(37-50)59-48)49-47(57)41(52)36-34-32-30-28-26-23-18-16-14-12-10-8-6-4-2/h39-46,48,50-56H,3-38H2,1-2H3,(H,49,57). The highest BCUT2D eigenvalue weighted by molar-refractivity contribution is 5.80. The van der Waals surface area contributed by atoms with E-state index in [-0.39, 0.29) is 6.42 Å².